The molecule has 1 aliphatic rings. The summed E-state index contributed by atoms with van der Waals surface area (Å²) in [5.41, 5.74) is 0. The highest BCUT2D eigenvalue weighted by Crippen LogP contribution is 2.22. The van der Waals surface area contributed by atoms with E-state index in [1.165, 1.54) is 0 Å². The van der Waals surface area contributed by atoms with Gasteiger partial charge < -0.3 is 0 Å². The minimum atomic E-state index is -0.0780. The van der Waals surface area contributed by atoms with Crippen LogP contribution < -0.4 is 0 Å². The van der Waals surface area contributed by atoms with Gasteiger partial charge in [0.25, 0.3) is 0 Å². The monoisotopic (exact) mass is 208 g/mol. The molecule has 1 heterocycles. The molecule has 0 N–H and O–H groups in total. The van der Waals surface area contributed by atoms with Crippen molar-refractivity contribution >= 4 is 5.78 Å². The Balaban J connectivity index is 2.69. The van der Waals surface area contributed by atoms with Crippen LogP contribution in [0, 0.1) is 11.3 Å². The lowest BCUT2D eigenvalue weighted by Gasteiger charge is -2.37. The quantitative estimate of drug-likeness (QED) is 0.710. The van der Waals surface area contributed by atoms with E-state index in [0.29, 0.717) is 19.0 Å². The third-order valence-electron chi connectivity index (χ3n) is 3.14. The van der Waals surface area contributed by atoms with Crippen LogP contribution in [0.25, 0.3) is 0 Å². The van der Waals surface area contributed by atoms with Gasteiger partial charge in [-0.1, -0.05) is 20.3 Å². The smallest absolute Gasteiger partial charge is 0.146 e. The predicted octanol–water partition coefficient (Wildman–Crippen LogP) is 2.12. The normalized spacial score (nSPS) is 24.9. The van der Waals surface area contributed by atoms with Crippen molar-refractivity contribution < 1.29 is 4.79 Å². The molecule has 0 spiro atoms. The molecule has 0 radical (unpaired) electrons. The van der Waals surface area contributed by atoms with Gasteiger partial charge in [-0.25, -0.2) is 0 Å². The molecule has 2 atom stereocenters. The van der Waals surface area contributed by atoms with Crippen molar-refractivity contribution in [3.63, 3.8) is 0 Å². The van der Waals surface area contributed by atoms with Crippen LogP contribution >= 0.6 is 0 Å². The molecule has 1 saturated heterocycles. The number of nitrogens with zero attached hydrogens (tertiary/aromatic N) is 2. The van der Waals surface area contributed by atoms with Crippen molar-refractivity contribution in [3.05, 3.63) is 0 Å². The first-order valence-corrected chi connectivity index (χ1v) is 5.90. The summed E-state index contributed by atoms with van der Waals surface area (Å²) >= 11 is 0. The molecule has 0 amide bonds. The van der Waals surface area contributed by atoms with Crippen LogP contribution in [0.15, 0.2) is 0 Å². The summed E-state index contributed by atoms with van der Waals surface area (Å²) in [7, 11) is 0. The van der Waals surface area contributed by atoms with Crippen LogP contribution in [0.1, 0.15) is 46.0 Å². The third-order valence-corrected chi connectivity index (χ3v) is 3.14. The summed E-state index contributed by atoms with van der Waals surface area (Å²) in [4.78, 5) is 13.5. The van der Waals surface area contributed by atoms with Gasteiger partial charge in [0.2, 0.25) is 0 Å². The van der Waals surface area contributed by atoms with Crippen molar-refractivity contribution in [2.75, 3.05) is 6.54 Å². The highest BCUT2D eigenvalue weighted by atomic mass is 16.1. The first-order valence-electron chi connectivity index (χ1n) is 5.90. The van der Waals surface area contributed by atoms with Crippen LogP contribution in [-0.4, -0.2) is 29.3 Å². The number of nitriles is 1. The van der Waals surface area contributed by atoms with E-state index in [9.17, 15) is 4.79 Å². The topological polar surface area (TPSA) is 44.1 Å². The second-order valence-corrected chi connectivity index (χ2v) is 4.25. The Labute approximate surface area is 92.1 Å². The minimum absolute atomic E-state index is 0.0780. The zero-order valence-corrected chi connectivity index (χ0v) is 9.70. The lowest BCUT2D eigenvalue weighted by Crippen LogP contribution is -2.48. The van der Waals surface area contributed by atoms with Crippen LogP contribution in [0.2, 0.25) is 0 Å². The number of hydrogen-bond donors (Lipinski definition) is 0. The molecule has 0 aromatic rings. The molecule has 1 fully saturated rings. The SMILES string of the molecule is CCCC1CCC(=O)CN1C(C#N)CC. The van der Waals surface area contributed by atoms with E-state index in [1.54, 1.807) is 0 Å². The van der Waals surface area contributed by atoms with E-state index in [2.05, 4.69) is 17.9 Å². The highest BCUT2D eigenvalue weighted by molar-refractivity contribution is 5.81. The molecule has 1 aliphatic heterocycles. The molecular weight excluding hydrogens is 188 g/mol. The molecule has 0 aromatic heterocycles. The molecule has 0 aliphatic carbocycles. The van der Waals surface area contributed by atoms with Gasteiger partial charge in [0, 0.05) is 12.5 Å². The summed E-state index contributed by atoms with van der Waals surface area (Å²) < 4.78 is 0. The van der Waals surface area contributed by atoms with Gasteiger partial charge in [-0.15, -0.1) is 0 Å². The molecule has 0 aromatic carbocycles. The van der Waals surface area contributed by atoms with Crippen molar-refractivity contribution in [2.24, 2.45) is 0 Å². The van der Waals surface area contributed by atoms with E-state index in [4.69, 9.17) is 5.26 Å². The standard InChI is InChI=1S/C12H20N2O/c1-3-5-11-6-7-12(15)9-14(11)10(4-2)8-13/h10-11H,3-7,9H2,1-2H3. The van der Waals surface area contributed by atoms with E-state index in [1.807, 2.05) is 6.92 Å². The Kier molecular flexibility index (Phi) is 4.77. The zero-order valence-electron chi connectivity index (χ0n) is 9.70. The van der Waals surface area contributed by atoms with Crippen molar-refractivity contribution in [2.45, 2.75) is 58.0 Å². The number of hydrogen-bond acceptors (Lipinski definition) is 3. The molecule has 0 bridgehead atoms. The number of ketones is 1. The summed E-state index contributed by atoms with van der Waals surface area (Å²) in [5.74, 6) is 0.288. The zero-order chi connectivity index (χ0) is 11.3. The first kappa shape index (κ1) is 12.2. The first-order chi connectivity index (χ1) is 7.22. The van der Waals surface area contributed by atoms with Crippen molar-refractivity contribution in [1.82, 2.24) is 4.90 Å². The molecule has 2 unspecified atom stereocenters. The molecule has 84 valence electrons. The fraction of sp³-hybridized carbons (Fsp3) is 0.833. The molecular formula is C12H20N2O. The second-order valence-electron chi connectivity index (χ2n) is 4.25. The minimum Gasteiger partial charge on any atom is -0.298 e. The number of likely N-dealkylation sites (tertiary alicyclic amines) is 1. The van der Waals surface area contributed by atoms with E-state index in [-0.39, 0.29) is 11.8 Å². The van der Waals surface area contributed by atoms with Gasteiger partial charge in [-0.3, -0.25) is 9.69 Å². The fourth-order valence-corrected chi connectivity index (χ4v) is 2.31. The van der Waals surface area contributed by atoms with Crippen LogP contribution in [0.5, 0.6) is 0 Å². The Morgan fingerprint density at radius 2 is 2.33 bits per heavy atom. The predicted molar refractivity (Wildman–Crippen MR) is 59.3 cm³/mol. The van der Waals surface area contributed by atoms with E-state index >= 15 is 0 Å². The summed E-state index contributed by atoms with van der Waals surface area (Å²) in [6.07, 6.45) is 4.67. The second kappa shape index (κ2) is 5.87. The Hall–Kier alpha value is -0.880. The molecule has 3 heteroatoms. The number of piperidine rings is 1. The lowest BCUT2D eigenvalue weighted by molar-refractivity contribution is -0.124. The van der Waals surface area contributed by atoms with Gasteiger partial charge in [-0.05, 0) is 19.3 Å². The Bertz CT molecular complexity index is 257. The molecule has 15 heavy (non-hydrogen) atoms. The molecule has 1 rings (SSSR count). The van der Waals surface area contributed by atoms with Crippen LogP contribution in [0.4, 0.5) is 0 Å². The van der Waals surface area contributed by atoms with Crippen LogP contribution in [-0.2, 0) is 4.79 Å². The van der Waals surface area contributed by atoms with E-state index in [0.717, 1.165) is 25.7 Å². The Morgan fingerprint density at radius 3 is 2.87 bits per heavy atom. The fourth-order valence-electron chi connectivity index (χ4n) is 2.31. The van der Waals surface area contributed by atoms with Crippen LogP contribution in [0.3, 0.4) is 0 Å². The summed E-state index contributed by atoms with van der Waals surface area (Å²) in [6, 6.07) is 2.67. The maximum atomic E-state index is 11.4. The maximum Gasteiger partial charge on any atom is 0.146 e. The number of carbonyl (C=O) groups excluding carboxylic acids is 1. The van der Waals surface area contributed by atoms with Gasteiger partial charge in [0.05, 0.1) is 18.7 Å². The highest BCUT2D eigenvalue weighted by Gasteiger charge is 2.30. The van der Waals surface area contributed by atoms with Gasteiger partial charge in [0.15, 0.2) is 0 Å². The van der Waals surface area contributed by atoms with Crippen molar-refractivity contribution in [1.29, 1.82) is 5.26 Å². The average Bonchev–Trinajstić information content (AvgIpc) is 2.24. The summed E-state index contributed by atoms with van der Waals surface area (Å²) in [5, 5.41) is 9.05. The van der Waals surface area contributed by atoms with Gasteiger partial charge in [0.1, 0.15) is 5.78 Å². The molecule has 3 nitrogen and oxygen atoms in total. The van der Waals surface area contributed by atoms with Crippen molar-refractivity contribution in [3.8, 4) is 6.07 Å². The number of Topliss-reactive ketones (excluding diaryl/α,β-unsaturated/α-hetero) is 1. The maximum absolute atomic E-state index is 11.4. The van der Waals surface area contributed by atoms with Gasteiger partial charge in [-0.2, -0.15) is 5.26 Å². The third kappa shape index (κ3) is 3.04. The largest absolute Gasteiger partial charge is 0.298 e. The Morgan fingerprint density at radius 1 is 1.60 bits per heavy atom. The van der Waals surface area contributed by atoms with E-state index < -0.39 is 0 Å². The lowest BCUT2D eigenvalue weighted by atomic mass is 9.95. The summed E-state index contributed by atoms with van der Waals surface area (Å²) in [6.45, 7) is 4.65. The number of rotatable bonds is 4. The molecule has 0 saturated carbocycles. The number of carbonyl (C=O) groups is 1. The van der Waals surface area contributed by atoms with Gasteiger partial charge >= 0.3 is 0 Å². The average molecular weight is 208 g/mol.